The van der Waals surface area contributed by atoms with E-state index < -0.39 is 0 Å². The Bertz CT molecular complexity index is 1190. The summed E-state index contributed by atoms with van der Waals surface area (Å²) in [6.45, 7) is 4.59. The number of hydrogen-bond donors (Lipinski definition) is 2. The number of furan rings is 1. The highest BCUT2D eigenvalue weighted by atomic mass is 16.4. The minimum absolute atomic E-state index is 0.135. The van der Waals surface area contributed by atoms with Gasteiger partial charge in [0.1, 0.15) is 0 Å². The van der Waals surface area contributed by atoms with E-state index in [9.17, 15) is 9.59 Å². The molecule has 0 spiro atoms. The van der Waals surface area contributed by atoms with Crippen LogP contribution in [0.25, 0.3) is 10.9 Å². The highest BCUT2D eigenvalue weighted by Gasteiger charge is 2.17. The first-order valence-corrected chi connectivity index (χ1v) is 9.58. The Kier molecular flexibility index (Phi) is 5.04. The molecule has 0 radical (unpaired) electrons. The van der Waals surface area contributed by atoms with Gasteiger partial charge in [-0.3, -0.25) is 9.59 Å². The number of carbonyl (C=O) groups is 2. The van der Waals surface area contributed by atoms with Gasteiger partial charge in [0.2, 0.25) is 5.78 Å². The van der Waals surface area contributed by atoms with Crippen molar-refractivity contribution in [3.63, 3.8) is 0 Å². The van der Waals surface area contributed by atoms with Crippen LogP contribution in [0, 0.1) is 13.8 Å². The molecule has 2 heterocycles. The molecule has 0 aliphatic heterocycles. The topological polar surface area (TPSA) is 75.1 Å². The van der Waals surface area contributed by atoms with Crippen LogP contribution in [-0.2, 0) is 6.42 Å². The predicted octanol–water partition coefficient (Wildman–Crippen LogP) is 4.58. The van der Waals surface area contributed by atoms with Crippen molar-refractivity contribution in [2.24, 2.45) is 0 Å². The number of aryl methyl sites for hydroxylation is 2. The Labute approximate surface area is 168 Å². The molecule has 0 saturated carbocycles. The molecule has 0 unspecified atom stereocenters. The van der Waals surface area contributed by atoms with Crippen LogP contribution in [0.3, 0.4) is 0 Å². The van der Waals surface area contributed by atoms with Crippen molar-refractivity contribution in [1.82, 2.24) is 10.3 Å². The molecule has 5 heteroatoms. The van der Waals surface area contributed by atoms with E-state index in [2.05, 4.69) is 35.4 Å². The van der Waals surface area contributed by atoms with Gasteiger partial charge < -0.3 is 14.7 Å². The Morgan fingerprint density at radius 1 is 0.966 bits per heavy atom. The minimum Gasteiger partial charge on any atom is -0.447 e. The lowest BCUT2D eigenvalue weighted by molar-refractivity contribution is 0.0920. The van der Waals surface area contributed by atoms with E-state index in [0.29, 0.717) is 18.5 Å². The van der Waals surface area contributed by atoms with Crippen LogP contribution in [0.15, 0.2) is 65.1 Å². The minimum atomic E-state index is -0.328. The molecule has 4 rings (SSSR count). The van der Waals surface area contributed by atoms with Gasteiger partial charge in [0.05, 0.1) is 0 Å². The van der Waals surface area contributed by atoms with Crippen LogP contribution in [0.4, 0.5) is 0 Å². The zero-order valence-electron chi connectivity index (χ0n) is 16.4. The average Bonchev–Trinajstić information content (AvgIpc) is 3.33. The van der Waals surface area contributed by atoms with Crippen molar-refractivity contribution in [2.75, 3.05) is 6.54 Å². The third-order valence-electron chi connectivity index (χ3n) is 5.03. The van der Waals surface area contributed by atoms with E-state index >= 15 is 0 Å². The van der Waals surface area contributed by atoms with Gasteiger partial charge >= 0.3 is 0 Å². The van der Waals surface area contributed by atoms with Crippen molar-refractivity contribution in [2.45, 2.75) is 20.3 Å². The van der Waals surface area contributed by atoms with Crippen LogP contribution >= 0.6 is 0 Å². The smallest absolute Gasteiger partial charge is 0.287 e. The van der Waals surface area contributed by atoms with Gasteiger partial charge in [-0.05, 0) is 50.1 Å². The van der Waals surface area contributed by atoms with Crippen LogP contribution in [-0.4, -0.2) is 23.2 Å². The fourth-order valence-electron chi connectivity index (χ4n) is 3.52. The van der Waals surface area contributed by atoms with Crippen LogP contribution in [0.5, 0.6) is 0 Å². The number of carbonyl (C=O) groups excluding carboxylic acids is 2. The van der Waals surface area contributed by atoms with E-state index in [1.807, 2.05) is 13.0 Å². The normalized spacial score (nSPS) is 11.0. The Morgan fingerprint density at radius 2 is 1.72 bits per heavy atom. The summed E-state index contributed by atoms with van der Waals surface area (Å²) in [5, 5.41) is 4.06. The van der Waals surface area contributed by atoms with E-state index in [-0.39, 0.29) is 23.2 Å². The Morgan fingerprint density at radius 3 is 2.52 bits per heavy atom. The van der Waals surface area contributed by atoms with E-state index in [1.54, 1.807) is 24.3 Å². The summed E-state index contributed by atoms with van der Waals surface area (Å²) >= 11 is 0. The molecule has 0 atom stereocenters. The Hall–Kier alpha value is -3.60. The second-order valence-electron chi connectivity index (χ2n) is 7.14. The summed E-state index contributed by atoms with van der Waals surface area (Å²) in [6.07, 6.45) is 0.706. The van der Waals surface area contributed by atoms with Crippen molar-refractivity contribution < 1.29 is 14.0 Å². The fourth-order valence-corrected chi connectivity index (χ4v) is 3.52. The van der Waals surface area contributed by atoms with Gasteiger partial charge in [0, 0.05) is 28.7 Å². The van der Waals surface area contributed by atoms with Gasteiger partial charge in [0.15, 0.2) is 11.5 Å². The molecular weight excluding hydrogens is 364 g/mol. The number of benzene rings is 2. The maximum atomic E-state index is 12.4. The third-order valence-corrected chi connectivity index (χ3v) is 5.03. The number of aromatic nitrogens is 1. The molecule has 2 aromatic heterocycles. The number of aromatic amines is 1. The summed E-state index contributed by atoms with van der Waals surface area (Å²) in [5.41, 5.74) is 5.13. The summed E-state index contributed by atoms with van der Waals surface area (Å²) in [7, 11) is 0. The first kappa shape index (κ1) is 18.7. The predicted molar refractivity (Wildman–Crippen MR) is 112 cm³/mol. The third kappa shape index (κ3) is 3.85. The summed E-state index contributed by atoms with van der Waals surface area (Å²) in [4.78, 5) is 28.2. The molecular formula is C24H22N2O3. The van der Waals surface area contributed by atoms with Crippen LogP contribution in [0.2, 0.25) is 0 Å². The van der Waals surface area contributed by atoms with E-state index in [4.69, 9.17) is 4.42 Å². The van der Waals surface area contributed by atoms with Crippen LogP contribution in [0.1, 0.15) is 43.5 Å². The molecule has 4 aromatic rings. The molecule has 146 valence electrons. The zero-order chi connectivity index (χ0) is 20.4. The lowest BCUT2D eigenvalue weighted by Crippen LogP contribution is -2.25. The molecule has 1 amide bonds. The summed E-state index contributed by atoms with van der Waals surface area (Å²) in [5.74, 6) is -0.278. The number of rotatable bonds is 6. The second-order valence-corrected chi connectivity index (χ2v) is 7.14. The average molecular weight is 386 g/mol. The number of nitrogens with one attached hydrogen (secondary N) is 2. The molecule has 5 nitrogen and oxygen atoms in total. The number of H-pyrrole nitrogens is 1. The first-order chi connectivity index (χ1) is 14.0. The van der Waals surface area contributed by atoms with Gasteiger partial charge in [-0.25, -0.2) is 0 Å². The Balaban J connectivity index is 1.41. The molecule has 0 aliphatic rings. The fraction of sp³-hybridized carbons (Fsp3) is 0.167. The standard InChI is InChI=1S/C24H22N2O3/c1-15-8-9-20-19(14-15)18(16(2)26-20)12-13-25-24(28)22-11-10-21(29-22)23(27)17-6-4-3-5-7-17/h3-11,14,26H,12-13H2,1-2H3,(H,25,28). The van der Waals surface area contributed by atoms with Crippen molar-refractivity contribution in [3.8, 4) is 0 Å². The number of ketones is 1. The summed E-state index contributed by atoms with van der Waals surface area (Å²) in [6, 6.07) is 18.2. The molecule has 0 bridgehead atoms. The summed E-state index contributed by atoms with van der Waals surface area (Å²) < 4.78 is 5.49. The van der Waals surface area contributed by atoms with Gasteiger partial charge in [-0.15, -0.1) is 0 Å². The molecule has 2 N–H and O–H groups in total. The monoisotopic (exact) mass is 386 g/mol. The number of fused-ring (bicyclic) bond motifs is 1. The maximum absolute atomic E-state index is 12.4. The lowest BCUT2D eigenvalue weighted by atomic mass is 10.1. The number of hydrogen-bond acceptors (Lipinski definition) is 3. The zero-order valence-corrected chi connectivity index (χ0v) is 16.4. The SMILES string of the molecule is Cc1ccc2[nH]c(C)c(CCNC(=O)c3ccc(C(=O)c4ccccc4)o3)c2c1. The van der Waals surface area contributed by atoms with E-state index in [1.165, 1.54) is 28.6 Å². The number of amides is 1. The second kappa shape index (κ2) is 7.80. The molecule has 0 fully saturated rings. The maximum Gasteiger partial charge on any atom is 0.287 e. The highest BCUT2D eigenvalue weighted by Crippen LogP contribution is 2.23. The molecule has 29 heavy (non-hydrogen) atoms. The van der Waals surface area contributed by atoms with Crippen LogP contribution < -0.4 is 5.32 Å². The largest absolute Gasteiger partial charge is 0.447 e. The van der Waals surface area contributed by atoms with Gasteiger partial charge in [-0.1, -0.05) is 42.0 Å². The highest BCUT2D eigenvalue weighted by molar-refractivity contribution is 6.07. The lowest BCUT2D eigenvalue weighted by Gasteiger charge is -2.05. The molecule has 0 saturated heterocycles. The van der Waals surface area contributed by atoms with E-state index in [0.717, 1.165) is 11.2 Å². The van der Waals surface area contributed by atoms with Gasteiger partial charge in [-0.2, -0.15) is 0 Å². The van der Waals surface area contributed by atoms with Gasteiger partial charge in [0.25, 0.3) is 5.91 Å². The molecule has 2 aromatic carbocycles. The first-order valence-electron chi connectivity index (χ1n) is 9.58. The molecule has 0 aliphatic carbocycles. The quantitative estimate of drug-likeness (QED) is 0.476. The van der Waals surface area contributed by atoms with Crippen molar-refractivity contribution in [3.05, 3.63) is 94.6 Å². The van der Waals surface area contributed by atoms with Crippen molar-refractivity contribution >= 4 is 22.6 Å². The van der Waals surface area contributed by atoms with Crippen molar-refractivity contribution in [1.29, 1.82) is 0 Å².